The van der Waals surface area contributed by atoms with E-state index in [4.69, 9.17) is 9.15 Å². The zero-order chi connectivity index (χ0) is 16.4. The summed E-state index contributed by atoms with van der Waals surface area (Å²) in [6.07, 6.45) is 1.63. The highest BCUT2D eigenvalue weighted by Gasteiger charge is 2.52. The molecule has 0 radical (unpaired) electrons. The summed E-state index contributed by atoms with van der Waals surface area (Å²) in [7, 11) is 0. The van der Waals surface area contributed by atoms with Gasteiger partial charge in [0.1, 0.15) is 0 Å². The lowest BCUT2D eigenvalue weighted by molar-refractivity contribution is -0.148. The highest BCUT2D eigenvalue weighted by Crippen LogP contribution is 2.49. The molecular formula is C19H16N2O3. The van der Waals surface area contributed by atoms with Gasteiger partial charge in [0.25, 0.3) is 5.89 Å². The third-order valence-corrected chi connectivity index (χ3v) is 4.28. The van der Waals surface area contributed by atoms with E-state index in [1.807, 2.05) is 60.7 Å². The van der Waals surface area contributed by atoms with Crippen LogP contribution in [-0.2, 0) is 21.6 Å². The van der Waals surface area contributed by atoms with Crippen molar-refractivity contribution in [1.82, 2.24) is 10.2 Å². The summed E-state index contributed by atoms with van der Waals surface area (Å²) < 4.78 is 11.0. The molecule has 24 heavy (non-hydrogen) atoms. The summed E-state index contributed by atoms with van der Waals surface area (Å²) in [6.45, 7) is -0.00670. The van der Waals surface area contributed by atoms with E-state index in [0.29, 0.717) is 11.8 Å². The van der Waals surface area contributed by atoms with Gasteiger partial charge in [-0.1, -0.05) is 48.5 Å². The van der Waals surface area contributed by atoms with Crippen LogP contribution in [0.15, 0.2) is 65.1 Å². The third-order valence-electron chi connectivity index (χ3n) is 4.28. The second kappa shape index (κ2) is 5.92. The number of benzene rings is 2. The van der Waals surface area contributed by atoms with Gasteiger partial charge in [0.2, 0.25) is 5.89 Å². The van der Waals surface area contributed by atoms with Crippen molar-refractivity contribution in [2.24, 2.45) is 0 Å². The van der Waals surface area contributed by atoms with Crippen molar-refractivity contribution in [3.63, 3.8) is 0 Å². The smallest absolute Gasteiger partial charge is 0.317 e. The van der Waals surface area contributed by atoms with E-state index in [0.717, 1.165) is 24.0 Å². The summed E-state index contributed by atoms with van der Waals surface area (Å²) in [5.41, 5.74) is 1.35. The predicted molar refractivity (Wildman–Crippen MR) is 86.9 cm³/mol. The number of nitrogens with zero attached hydrogens (tertiary/aromatic N) is 2. The van der Waals surface area contributed by atoms with Gasteiger partial charge in [0, 0.05) is 5.56 Å². The molecule has 1 aliphatic rings. The first-order valence-electron chi connectivity index (χ1n) is 7.88. The quantitative estimate of drug-likeness (QED) is 0.673. The molecule has 1 aromatic heterocycles. The van der Waals surface area contributed by atoms with Gasteiger partial charge >= 0.3 is 5.97 Å². The molecule has 0 N–H and O–H groups in total. The second-order valence-electron chi connectivity index (χ2n) is 5.89. The van der Waals surface area contributed by atoms with E-state index in [1.165, 1.54) is 0 Å². The average Bonchev–Trinajstić information content (AvgIpc) is 3.33. The number of rotatable bonds is 5. The molecule has 0 aliphatic heterocycles. The maximum Gasteiger partial charge on any atom is 0.317 e. The van der Waals surface area contributed by atoms with Crippen molar-refractivity contribution < 1.29 is 13.9 Å². The first-order valence-corrected chi connectivity index (χ1v) is 7.88. The highest BCUT2D eigenvalue weighted by atomic mass is 16.5. The fraction of sp³-hybridized carbons (Fsp3) is 0.211. The number of ether oxygens (including phenoxy) is 1. The van der Waals surface area contributed by atoms with E-state index in [1.54, 1.807) is 0 Å². The van der Waals surface area contributed by atoms with E-state index in [-0.39, 0.29) is 12.6 Å². The zero-order valence-electron chi connectivity index (χ0n) is 13.0. The van der Waals surface area contributed by atoms with Crippen LogP contribution < -0.4 is 0 Å². The lowest BCUT2D eigenvalue weighted by Gasteiger charge is -2.13. The van der Waals surface area contributed by atoms with Gasteiger partial charge < -0.3 is 9.15 Å². The van der Waals surface area contributed by atoms with Crippen LogP contribution in [0.2, 0.25) is 0 Å². The Morgan fingerprint density at radius 3 is 2.33 bits per heavy atom. The van der Waals surface area contributed by atoms with Crippen molar-refractivity contribution in [2.45, 2.75) is 24.9 Å². The fourth-order valence-corrected chi connectivity index (χ4v) is 2.77. The number of hydrogen-bond donors (Lipinski definition) is 0. The molecule has 0 unspecified atom stereocenters. The van der Waals surface area contributed by atoms with Crippen LogP contribution in [0.4, 0.5) is 0 Å². The first kappa shape index (κ1) is 14.6. The topological polar surface area (TPSA) is 65.2 Å². The Labute approximate surface area is 139 Å². The molecule has 0 amide bonds. The normalized spacial score (nSPS) is 15.0. The zero-order valence-corrected chi connectivity index (χ0v) is 13.0. The molecule has 0 saturated heterocycles. The van der Waals surface area contributed by atoms with Gasteiger partial charge in [0.15, 0.2) is 6.61 Å². The van der Waals surface area contributed by atoms with Gasteiger partial charge in [-0.3, -0.25) is 4.79 Å². The van der Waals surface area contributed by atoms with Crippen LogP contribution in [0, 0.1) is 0 Å². The van der Waals surface area contributed by atoms with Crippen LogP contribution >= 0.6 is 0 Å². The molecule has 0 atom stereocenters. The minimum Gasteiger partial charge on any atom is -0.455 e. The molecule has 4 rings (SSSR count). The predicted octanol–water partition coefficient (Wildman–Crippen LogP) is 3.51. The van der Waals surface area contributed by atoms with Crippen LogP contribution in [0.5, 0.6) is 0 Å². The molecule has 1 fully saturated rings. The Balaban J connectivity index is 1.43. The molecule has 1 heterocycles. The van der Waals surface area contributed by atoms with Crippen molar-refractivity contribution in [2.75, 3.05) is 0 Å². The Hall–Kier alpha value is -2.95. The van der Waals surface area contributed by atoms with Crippen LogP contribution in [0.25, 0.3) is 11.5 Å². The van der Waals surface area contributed by atoms with Gasteiger partial charge in [-0.05, 0) is 30.5 Å². The number of aromatic nitrogens is 2. The second-order valence-corrected chi connectivity index (χ2v) is 5.89. The largest absolute Gasteiger partial charge is 0.455 e. The van der Waals surface area contributed by atoms with Gasteiger partial charge in [-0.15, -0.1) is 10.2 Å². The maximum atomic E-state index is 12.5. The Morgan fingerprint density at radius 1 is 1.00 bits per heavy atom. The van der Waals surface area contributed by atoms with Crippen molar-refractivity contribution in [1.29, 1.82) is 0 Å². The van der Waals surface area contributed by atoms with Gasteiger partial charge in [-0.2, -0.15) is 0 Å². The molecule has 0 spiro atoms. The summed E-state index contributed by atoms with van der Waals surface area (Å²) in [6, 6.07) is 19.2. The van der Waals surface area contributed by atoms with Crippen LogP contribution in [0.1, 0.15) is 24.3 Å². The molecule has 5 nitrogen and oxygen atoms in total. The lowest BCUT2D eigenvalue weighted by atomic mass is 9.96. The fourth-order valence-electron chi connectivity index (χ4n) is 2.77. The Kier molecular flexibility index (Phi) is 3.61. The lowest BCUT2D eigenvalue weighted by Crippen LogP contribution is -2.23. The molecule has 1 saturated carbocycles. The summed E-state index contributed by atoms with van der Waals surface area (Å²) in [5.74, 6) is 0.491. The molecule has 3 aromatic rings. The number of carbonyl (C=O) groups is 1. The summed E-state index contributed by atoms with van der Waals surface area (Å²) in [4.78, 5) is 12.5. The Bertz CT molecular complexity index is 839. The molecule has 120 valence electrons. The summed E-state index contributed by atoms with van der Waals surface area (Å²) in [5, 5.41) is 7.94. The minimum atomic E-state index is -0.496. The molecule has 1 aliphatic carbocycles. The van der Waals surface area contributed by atoms with Crippen molar-refractivity contribution in [3.8, 4) is 11.5 Å². The van der Waals surface area contributed by atoms with E-state index < -0.39 is 5.41 Å². The molecule has 0 bridgehead atoms. The van der Waals surface area contributed by atoms with E-state index >= 15 is 0 Å². The van der Waals surface area contributed by atoms with Gasteiger partial charge in [0.05, 0.1) is 5.41 Å². The Morgan fingerprint density at radius 2 is 1.67 bits per heavy atom. The van der Waals surface area contributed by atoms with E-state index in [2.05, 4.69) is 10.2 Å². The van der Waals surface area contributed by atoms with E-state index in [9.17, 15) is 4.79 Å². The molecule has 2 aromatic carbocycles. The number of esters is 1. The standard InChI is InChI=1S/C19H16N2O3/c22-18(19(11-12-19)15-9-5-2-6-10-15)23-13-16-20-21-17(24-16)14-7-3-1-4-8-14/h1-10H,11-13H2. The average molecular weight is 320 g/mol. The SMILES string of the molecule is O=C(OCc1nnc(-c2ccccc2)o1)C1(c2ccccc2)CC1. The van der Waals surface area contributed by atoms with Crippen molar-refractivity contribution >= 4 is 5.97 Å². The number of hydrogen-bond acceptors (Lipinski definition) is 5. The summed E-state index contributed by atoms with van der Waals surface area (Å²) >= 11 is 0. The van der Waals surface area contributed by atoms with Gasteiger partial charge in [-0.25, -0.2) is 0 Å². The monoisotopic (exact) mass is 320 g/mol. The minimum absolute atomic E-state index is 0.00670. The molecule has 5 heteroatoms. The molecular weight excluding hydrogens is 304 g/mol. The first-order chi connectivity index (χ1) is 11.8. The third kappa shape index (κ3) is 2.69. The number of carbonyl (C=O) groups excluding carboxylic acids is 1. The van der Waals surface area contributed by atoms with Crippen LogP contribution in [-0.4, -0.2) is 16.2 Å². The maximum absolute atomic E-state index is 12.5. The van der Waals surface area contributed by atoms with Crippen molar-refractivity contribution in [3.05, 3.63) is 72.1 Å². The van der Waals surface area contributed by atoms with Crippen LogP contribution in [0.3, 0.4) is 0 Å². The highest BCUT2D eigenvalue weighted by molar-refractivity contribution is 5.86.